The maximum atomic E-state index is 12.7. The van der Waals surface area contributed by atoms with E-state index in [1.807, 2.05) is 39.0 Å². The molecule has 2 amide bonds. The molecule has 174 valence electrons. The molecule has 5 heteroatoms. The molecule has 0 fully saturated rings. The number of para-hydroxylation sites is 1. The van der Waals surface area contributed by atoms with Gasteiger partial charge in [0, 0.05) is 17.2 Å². The molecule has 2 atom stereocenters. The summed E-state index contributed by atoms with van der Waals surface area (Å²) in [6, 6.07) is 14.4. The lowest BCUT2D eigenvalue weighted by atomic mass is 9.85. The van der Waals surface area contributed by atoms with Gasteiger partial charge in [-0.2, -0.15) is 0 Å². The number of nitrogens with two attached hydrogens (primary N) is 1. The second kappa shape index (κ2) is 10.8. The third-order valence-corrected chi connectivity index (χ3v) is 5.96. The molecule has 0 heterocycles. The molecule has 0 radical (unpaired) electrons. The number of hydrogen-bond donors (Lipinski definition) is 3. The van der Waals surface area contributed by atoms with Gasteiger partial charge in [0.05, 0.1) is 6.54 Å². The number of aryl methyl sites for hydroxylation is 2. The zero-order valence-corrected chi connectivity index (χ0v) is 20.9. The Bertz CT molecular complexity index is 907. The molecular formula is C27H40N3O2+. The SMILES string of the molecule is Cc1cccc(C)c1NC(=O)CNC(=O)[C@H](C)[NH2+][C@H](c1ccc(C(C)(C)C)cc1)C(C)C. The van der Waals surface area contributed by atoms with Crippen LogP contribution in [0.15, 0.2) is 42.5 Å². The van der Waals surface area contributed by atoms with Crippen LogP contribution in [0.2, 0.25) is 0 Å². The second-order valence-corrected chi connectivity index (χ2v) is 10.2. The predicted octanol–water partition coefficient (Wildman–Crippen LogP) is 4.00. The van der Waals surface area contributed by atoms with Crippen LogP contribution in [0.1, 0.15) is 69.8 Å². The zero-order valence-electron chi connectivity index (χ0n) is 20.9. The Labute approximate surface area is 193 Å². The molecule has 2 rings (SSSR count). The van der Waals surface area contributed by atoms with E-state index in [1.165, 1.54) is 11.1 Å². The molecule has 0 aliphatic heterocycles. The van der Waals surface area contributed by atoms with Crippen molar-refractivity contribution in [1.82, 2.24) is 5.32 Å². The van der Waals surface area contributed by atoms with E-state index in [9.17, 15) is 9.59 Å². The first kappa shape index (κ1) is 25.6. The van der Waals surface area contributed by atoms with Crippen molar-refractivity contribution in [2.24, 2.45) is 5.92 Å². The van der Waals surface area contributed by atoms with Crippen LogP contribution in [-0.4, -0.2) is 24.4 Å². The minimum Gasteiger partial charge on any atom is -0.342 e. The summed E-state index contributed by atoms with van der Waals surface area (Å²) >= 11 is 0. The molecule has 4 N–H and O–H groups in total. The largest absolute Gasteiger partial charge is 0.342 e. The zero-order chi connectivity index (χ0) is 24.1. The monoisotopic (exact) mass is 438 g/mol. The lowest BCUT2D eigenvalue weighted by molar-refractivity contribution is -0.719. The van der Waals surface area contributed by atoms with Crippen LogP contribution in [0.3, 0.4) is 0 Å². The number of nitrogens with one attached hydrogen (secondary N) is 2. The highest BCUT2D eigenvalue weighted by molar-refractivity contribution is 5.96. The third kappa shape index (κ3) is 6.92. The average Bonchev–Trinajstić information content (AvgIpc) is 2.72. The van der Waals surface area contributed by atoms with Crippen LogP contribution in [0.25, 0.3) is 0 Å². The van der Waals surface area contributed by atoms with Gasteiger partial charge in [-0.25, -0.2) is 0 Å². The summed E-state index contributed by atoms with van der Waals surface area (Å²) in [4.78, 5) is 25.1. The number of quaternary nitrogens is 1. The molecule has 0 bridgehead atoms. The van der Waals surface area contributed by atoms with Gasteiger partial charge in [0.2, 0.25) is 5.91 Å². The number of carbonyl (C=O) groups is 2. The fraction of sp³-hybridized carbons (Fsp3) is 0.481. The molecular weight excluding hydrogens is 398 g/mol. The first-order valence-corrected chi connectivity index (χ1v) is 11.5. The van der Waals surface area contributed by atoms with Gasteiger partial charge in [-0.15, -0.1) is 0 Å². The first-order chi connectivity index (χ1) is 14.9. The van der Waals surface area contributed by atoms with Crippen molar-refractivity contribution in [3.05, 3.63) is 64.7 Å². The van der Waals surface area contributed by atoms with Crippen molar-refractivity contribution in [2.75, 3.05) is 11.9 Å². The van der Waals surface area contributed by atoms with E-state index in [4.69, 9.17) is 0 Å². The van der Waals surface area contributed by atoms with Gasteiger partial charge in [-0.3, -0.25) is 9.59 Å². The molecule has 0 aromatic heterocycles. The Balaban J connectivity index is 1.96. The number of benzene rings is 2. The fourth-order valence-electron chi connectivity index (χ4n) is 3.85. The highest BCUT2D eigenvalue weighted by Crippen LogP contribution is 2.25. The van der Waals surface area contributed by atoms with Crippen LogP contribution in [0.4, 0.5) is 5.69 Å². The van der Waals surface area contributed by atoms with Gasteiger partial charge >= 0.3 is 0 Å². The van der Waals surface area contributed by atoms with Crippen molar-refractivity contribution < 1.29 is 14.9 Å². The Morgan fingerprint density at radius 2 is 1.50 bits per heavy atom. The number of anilines is 1. The quantitative estimate of drug-likeness (QED) is 0.583. The van der Waals surface area contributed by atoms with Crippen LogP contribution < -0.4 is 16.0 Å². The Morgan fingerprint density at radius 3 is 2.00 bits per heavy atom. The first-order valence-electron chi connectivity index (χ1n) is 11.5. The number of carbonyl (C=O) groups excluding carboxylic acids is 2. The van der Waals surface area contributed by atoms with Crippen LogP contribution in [0.5, 0.6) is 0 Å². The lowest BCUT2D eigenvalue weighted by Crippen LogP contribution is -2.93. The molecule has 0 unspecified atom stereocenters. The topological polar surface area (TPSA) is 74.8 Å². The minimum atomic E-state index is -0.308. The highest BCUT2D eigenvalue weighted by Gasteiger charge is 2.26. The summed E-state index contributed by atoms with van der Waals surface area (Å²) in [5, 5.41) is 7.79. The van der Waals surface area contributed by atoms with Crippen LogP contribution >= 0.6 is 0 Å². The van der Waals surface area contributed by atoms with E-state index in [-0.39, 0.29) is 35.9 Å². The van der Waals surface area contributed by atoms with Crippen molar-refractivity contribution in [3.8, 4) is 0 Å². The maximum absolute atomic E-state index is 12.7. The standard InChI is InChI=1S/C27H39N3O2/c1-17(2)24(21-12-14-22(15-13-21)27(6,7)8)29-20(5)26(32)28-16-23(31)30-25-18(3)10-9-11-19(25)4/h9-15,17,20,24,29H,16H2,1-8H3,(H,28,32)(H,30,31)/p+1/t20-,24-/m0/s1. The average molecular weight is 439 g/mol. The Morgan fingerprint density at radius 1 is 0.938 bits per heavy atom. The van der Waals surface area contributed by atoms with Crippen molar-refractivity contribution in [1.29, 1.82) is 0 Å². The van der Waals surface area contributed by atoms with Gasteiger partial charge in [0.25, 0.3) is 5.91 Å². The second-order valence-electron chi connectivity index (χ2n) is 10.2. The maximum Gasteiger partial charge on any atom is 0.278 e. The summed E-state index contributed by atoms with van der Waals surface area (Å²) in [6.07, 6.45) is 0. The smallest absolute Gasteiger partial charge is 0.278 e. The summed E-state index contributed by atoms with van der Waals surface area (Å²) in [6.45, 7) is 16.7. The van der Waals surface area contributed by atoms with Gasteiger partial charge < -0.3 is 16.0 Å². The summed E-state index contributed by atoms with van der Waals surface area (Å²) in [5.74, 6) is -0.00203. The summed E-state index contributed by atoms with van der Waals surface area (Å²) in [7, 11) is 0. The van der Waals surface area contributed by atoms with E-state index >= 15 is 0 Å². The molecule has 2 aromatic rings. The van der Waals surface area contributed by atoms with Crippen molar-refractivity contribution >= 4 is 17.5 Å². The van der Waals surface area contributed by atoms with Gasteiger partial charge in [0.1, 0.15) is 6.04 Å². The fourth-order valence-corrected chi connectivity index (χ4v) is 3.85. The molecule has 0 aliphatic rings. The van der Waals surface area contributed by atoms with E-state index in [1.54, 1.807) is 0 Å². The van der Waals surface area contributed by atoms with Gasteiger partial charge in [0.15, 0.2) is 6.04 Å². The predicted molar refractivity (Wildman–Crippen MR) is 132 cm³/mol. The van der Waals surface area contributed by atoms with Gasteiger partial charge in [-0.05, 0) is 42.9 Å². The van der Waals surface area contributed by atoms with E-state index in [2.05, 4.69) is 74.8 Å². The number of hydrogen-bond acceptors (Lipinski definition) is 2. The summed E-state index contributed by atoms with van der Waals surface area (Å²) < 4.78 is 0. The van der Waals surface area contributed by atoms with Gasteiger partial charge in [-0.1, -0.05) is 77.1 Å². The molecule has 2 aromatic carbocycles. The molecule has 0 spiro atoms. The van der Waals surface area contributed by atoms with Crippen molar-refractivity contribution in [3.63, 3.8) is 0 Å². The Hall–Kier alpha value is -2.66. The lowest BCUT2D eigenvalue weighted by Gasteiger charge is -2.25. The summed E-state index contributed by atoms with van der Waals surface area (Å²) in [5.41, 5.74) is 5.43. The molecule has 0 saturated carbocycles. The van der Waals surface area contributed by atoms with Crippen molar-refractivity contribution in [2.45, 2.75) is 72.9 Å². The third-order valence-electron chi connectivity index (χ3n) is 5.96. The molecule has 5 nitrogen and oxygen atoms in total. The normalized spacial score (nSPS) is 13.5. The number of rotatable bonds is 8. The Kier molecular flexibility index (Phi) is 8.62. The van der Waals surface area contributed by atoms with E-state index in [0.29, 0.717) is 5.92 Å². The van der Waals surface area contributed by atoms with E-state index in [0.717, 1.165) is 16.8 Å². The molecule has 0 aliphatic carbocycles. The molecule has 0 saturated heterocycles. The minimum absolute atomic E-state index is 0.0442. The van der Waals surface area contributed by atoms with Crippen LogP contribution in [-0.2, 0) is 15.0 Å². The molecule has 32 heavy (non-hydrogen) atoms. The number of amides is 2. The van der Waals surface area contributed by atoms with Crippen LogP contribution in [0, 0.1) is 19.8 Å². The highest BCUT2D eigenvalue weighted by atomic mass is 16.2. The van der Waals surface area contributed by atoms with E-state index < -0.39 is 0 Å².